The van der Waals surface area contributed by atoms with Gasteiger partial charge in [-0.3, -0.25) is 9.69 Å². The van der Waals surface area contributed by atoms with Gasteiger partial charge < -0.3 is 20.3 Å². The van der Waals surface area contributed by atoms with Crippen LogP contribution >= 0.6 is 11.3 Å². The smallest absolute Gasteiger partial charge is 0.412 e. The minimum absolute atomic E-state index is 0.147. The first kappa shape index (κ1) is 18.0. The van der Waals surface area contributed by atoms with E-state index in [4.69, 9.17) is 15.2 Å². The van der Waals surface area contributed by atoms with Crippen molar-refractivity contribution in [3.8, 4) is 0 Å². The second-order valence-corrected chi connectivity index (χ2v) is 7.77. The van der Waals surface area contributed by atoms with Crippen molar-refractivity contribution in [1.82, 2.24) is 0 Å². The highest BCUT2D eigenvalue weighted by Gasteiger charge is 2.43. The molecule has 1 fully saturated rings. The summed E-state index contributed by atoms with van der Waals surface area (Å²) in [5, 5.41) is 10.2. The van der Waals surface area contributed by atoms with E-state index < -0.39 is 17.8 Å². The quantitative estimate of drug-likeness (QED) is 0.838. The van der Waals surface area contributed by atoms with E-state index >= 15 is 0 Å². The molecule has 1 saturated heterocycles. The molecular formula is C19H20N2O5S. The van der Waals surface area contributed by atoms with E-state index in [9.17, 15) is 14.7 Å². The molecule has 2 aromatic rings. The van der Waals surface area contributed by atoms with Gasteiger partial charge in [-0.1, -0.05) is 30.3 Å². The molecule has 1 spiro atoms. The number of hydrogen-bond donors (Lipinski definition) is 2. The predicted octanol–water partition coefficient (Wildman–Crippen LogP) is 2.76. The van der Waals surface area contributed by atoms with Gasteiger partial charge in [-0.2, -0.15) is 0 Å². The third-order valence-electron chi connectivity index (χ3n) is 4.98. The molecule has 1 aromatic carbocycles. The summed E-state index contributed by atoms with van der Waals surface area (Å²) in [6.07, 6.45) is 0.583. The first-order valence-electron chi connectivity index (χ1n) is 8.76. The van der Waals surface area contributed by atoms with Crippen molar-refractivity contribution in [1.29, 1.82) is 0 Å². The fourth-order valence-corrected chi connectivity index (χ4v) is 5.16. The van der Waals surface area contributed by atoms with E-state index in [0.717, 1.165) is 16.0 Å². The normalized spacial score (nSPS) is 17.6. The molecule has 2 amide bonds. The lowest BCUT2D eigenvalue weighted by molar-refractivity contribution is -0.163. The molecule has 1 aromatic heterocycles. The molecule has 0 unspecified atom stereocenters. The fraction of sp³-hybridized carbons (Fsp3) is 0.368. The summed E-state index contributed by atoms with van der Waals surface area (Å²) >= 11 is 1.29. The topological polar surface area (TPSA) is 102 Å². The number of nitrogens with two attached hydrogens (primary N) is 1. The van der Waals surface area contributed by atoms with Gasteiger partial charge in [0.2, 0.25) is 0 Å². The molecule has 2 heterocycles. The average molecular weight is 388 g/mol. The van der Waals surface area contributed by atoms with Crippen molar-refractivity contribution in [2.24, 2.45) is 5.73 Å². The van der Waals surface area contributed by atoms with Gasteiger partial charge in [-0.15, -0.1) is 11.3 Å². The molecule has 1 aliphatic heterocycles. The van der Waals surface area contributed by atoms with Crippen molar-refractivity contribution in [2.45, 2.75) is 31.6 Å². The fourth-order valence-electron chi connectivity index (χ4n) is 3.73. The van der Waals surface area contributed by atoms with Crippen LogP contribution < -0.4 is 10.6 Å². The molecular weight excluding hydrogens is 368 g/mol. The highest BCUT2D eigenvalue weighted by molar-refractivity contribution is 7.17. The largest absolute Gasteiger partial charge is 0.465 e. The summed E-state index contributed by atoms with van der Waals surface area (Å²) in [5.74, 6) is -1.26. The molecule has 8 heteroatoms. The van der Waals surface area contributed by atoms with E-state index in [-0.39, 0.29) is 6.54 Å². The zero-order valence-electron chi connectivity index (χ0n) is 14.6. The van der Waals surface area contributed by atoms with Crippen LogP contribution in [0, 0.1) is 0 Å². The van der Waals surface area contributed by atoms with Crippen LogP contribution in [0.4, 0.5) is 9.80 Å². The average Bonchev–Trinajstić information content (AvgIpc) is 3.24. The Kier molecular flexibility index (Phi) is 4.63. The van der Waals surface area contributed by atoms with Gasteiger partial charge in [0, 0.05) is 17.7 Å². The Morgan fingerprint density at radius 3 is 2.56 bits per heavy atom. The minimum Gasteiger partial charge on any atom is -0.465 e. The molecule has 4 rings (SSSR count). The van der Waals surface area contributed by atoms with Crippen molar-refractivity contribution in [2.75, 3.05) is 18.1 Å². The molecule has 27 heavy (non-hydrogen) atoms. The van der Waals surface area contributed by atoms with E-state index in [1.54, 1.807) is 0 Å². The van der Waals surface area contributed by atoms with E-state index in [1.807, 2.05) is 30.3 Å². The van der Waals surface area contributed by atoms with E-state index in [2.05, 4.69) is 0 Å². The molecule has 2 aliphatic rings. The lowest BCUT2D eigenvalue weighted by atomic mass is 9.90. The molecule has 142 valence electrons. The SMILES string of the molecule is NC(=O)c1c(N(Cc2ccccc2)C(=O)O)sc2c1CCC1(C2)OCCO1. The summed E-state index contributed by atoms with van der Waals surface area (Å²) in [7, 11) is 0. The number of carboxylic acid groups (broad SMARTS) is 1. The molecule has 0 radical (unpaired) electrons. The summed E-state index contributed by atoms with van der Waals surface area (Å²) < 4.78 is 11.6. The summed E-state index contributed by atoms with van der Waals surface area (Å²) in [4.78, 5) is 26.3. The second kappa shape index (κ2) is 6.95. The number of benzene rings is 1. The van der Waals surface area contributed by atoms with Gasteiger partial charge in [0.1, 0.15) is 5.00 Å². The van der Waals surface area contributed by atoms with E-state index in [0.29, 0.717) is 43.0 Å². The van der Waals surface area contributed by atoms with Crippen molar-refractivity contribution in [3.63, 3.8) is 0 Å². The number of nitrogens with zero attached hydrogens (tertiary/aromatic N) is 1. The number of primary amides is 1. The first-order valence-corrected chi connectivity index (χ1v) is 9.57. The Morgan fingerprint density at radius 2 is 1.93 bits per heavy atom. The summed E-state index contributed by atoms with van der Waals surface area (Å²) in [6, 6.07) is 9.27. The molecule has 0 atom stereocenters. The maximum atomic E-state index is 12.2. The Morgan fingerprint density at radius 1 is 1.22 bits per heavy atom. The zero-order valence-corrected chi connectivity index (χ0v) is 15.5. The van der Waals surface area contributed by atoms with Crippen LogP contribution in [0.25, 0.3) is 0 Å². The number of rotatable bonds is 4. The number of carbonyl (C=O) groups excluding carboxylic acids is 1. The van der Waals surface area contributed by atoms with Gasteiger partial charge in [-0.05, 0) is 17.5 Å². The molecule has 0 saturated carbocycles. The first-order chi connectivity index (χ1) is 13.0. The molecule has 0 bridgehead atoms. The lowest BCUT2D eigenvalue weighted by Gasteiger charge is -2.31. The van der Waals surface area contributed by atoms with Gasteiger partial charge in [0.25, 0.3) is 5.91 Å². The van der Waals surface area contributed by atoms with Gasteiger partial charge in [0.15, 0.2) is 5.79 Å². The van der Waals surface area contributed by atoms with Crippen LogP contribution in [0.5, 0.6) is 0 Å². The Balaban J connectivity index is 1.74. The standard InChI is InChI=1S/C19H20N2O5S/c20-16(22)15-13-6-7-19(25-8-9-26-19)10-14(13)27-17(15)21(18(23)24)11-12-4-2-1-3-5-12/h1-5H,6-11H2,(H2,20,22)(H,23,24). The second-order valence-electron chi connectivity index (χ2n) is 6.69. The maximum Gasteiger partial charge on any atom is 0.412 e. The van der Waals surface area contributed by atoms with Crippen LogP contribution in [0.3, 0.4) is 0 Å². The van der Waals surface area contributed by atoms with Gasteiger partial charge >= 0.3 is 6.09 Å². The Hall–Kier alpha value is -2.42. The number of ether oxygens (including phenoxy) is 2. The number of fused-ring (bicyclic) bond motifs is 1. The highest BCUT2D eigenvalue weighted by Crippen LogP contribution is 2.45. The number of amides is 2. The van der Waals surface area contributed by atoms with Gasteiger partial charge in [-0.25, -0.2) is 4.79 Å². The lowest BCUT2D eigenvalue weighted by Crippen LogP contribution is -2.36. The maximum absolute atomic E-state index is 12.2. The Bertz CT molecular complexity index is 874. The number of anilines is 1. The monoisotopic (exact) mass is 388 g/mol. The van der Waals surface area contributed by atoms with Crippen molar-refractivity contribution in [3.05, 3.63) is 51.9 Å². The van der Waals surface area contributed by atoms with Crippen LogP contribution in [0.15, 0.2) is 30.3 Å². The molecule has 3 N–H and O–H groups in total. The Labute approximate surface area is 160 Å². The van der Waals surface area contributed by atoms with Crippen LogP contribution in [-0.4, -0.2) is 36.1 Å². The molecule has 1 aliphatic carbocycles. The minimum atomic E-state index is -1.12. The predicted molar refractivity (Wildman–Crippen MR) is 100 cm³/mol. The van der Waals surface area contributed by atoms with E-state index in [1.165, 1.54) is 16.2 Å². The third kappa shape index (κ3) is 3.31. The number of carbonyl (C=O) groups is 2. The van der Waals surface area contributed by atoms with Crippen LogP contribution in [0.2, 0.25) is 0 Å². The number of hydrogen-bond acceptors (Lipinski definition) is 5. The molecule has 7 nitrogen and oxygen atoms in total. The van der Waals surface area contributed by atoms with Crippen molar-refractivity contribution < 1.29 is 24.2 Å². The third-order valence-corrected chi connectivity index (χ3v) is 6.23. The number of thiophene rings is 1. The highest BCUT2D eigenvalue weighted by atomic mass is 32.1. The summed E-state index contributed by atoms with van der Waals surface area (Å²) in [6.45, 7) is 1.24. The van der Waals surface area contributed by atoms with Gasteiger partial charge in [0.05, 0.1) is 25.3 Å². The van der Waals surface area contributed by atoms with Crippen LogP contribution in [-0.2, 0) is 28.9 Å². The van der Waals surface area contributed by atoms with Crippen molar-refractivity contribution >= 4 is 28.3 Å². The van der Waals surface area contributed by atoms with Crippen LogP contribution in [0.1, 0.15) is 32.8 Å². The zero-order chi connectivity index (χ0) is 19.0. The summed E-state index contributed by atoms with van der Waals surface area (Å²) in [5.41, 5.74) is 7.61.